The van der Waals surface area contributed by atoms with E-state index in [0.29, 0.717) is 0 Å². The summed E-state index contributed by atoms with van der Waals surface area (Å²) in [7, 11) is 0. The molecule has 0 N–H and O–H groups in total. The molecule has 0 amide bonds. The van der Waals surface area contributed by atoms with Crippen LogP contribution in [0, 0.1) is 5.92 Å². The minimum atomic E-state index is 0.965. The molecular weight excluding hydrogens is 182 g/mol. The van der Waals surface area contributed by atoms with Crippen molar-refractivity contribution in [2.75, 3.05) is 13.1 Å². The molecule has 2 rings (SSSR count). The van der Waals surface area contributed by atoms with Crippen LogP contribution >= 0.6 is 0 Å². The molecule has 0 bridgehead atoms. The molecule has 1 saturated carbocycles. The van der Waals surface area contributed by atoms with Gasteiger partial charge in [-0.05, 0) is 44.7 Å². The summed E-state index contributed by atoms with van der Waals surface area (Å²) >= 11 is 0. The summed E-state index contributed by atoms with van der Waals surface area (Å²) in [4.78, 5) is 2.79. The lowest BCUT2D eigenvalue weighted by Gasteiger charge is -2.32. The van der Waals surface area contributed by atoms with E-state index in [9.17, 15) is 0 Å². The summed E-state index contributed by atoms with van der Waals surface area (Å²) in [5.74, 6) is 1.10. The lowest BCUT2D eigenvalue weighted by molar-refractivity contribution is 0.179. The average molecular weight is 209 g/mol. The van der Waals surface area contributed by atoms with Crippen LogP contribution in [0.1, 0.15) is 64.7 Å². The molecule has 1 aliphatic heterocycles. The van der Waals surface area contributed by atoms with E-state index < -0.39 is 0 Å². The van der Waals surface area contributed by atoms with Crippen LogP contribution in [-0.4, -0.2) is 24.0 Å². The van der Waals surface area contributed by atoms with E-state index in [1.165, 1.54) is 70.9 Å². The minimum Gasteiger partial charge on any atom is -0.300 e. The predicted octanol–water partition coefficient (Wildman–Crippen LogP) is 3.83. The van der Waals surface area contributed by atoms with Crippen molar-refractivity contribution < 1.29 is 0 Å². The Bertz CT molecular complexity index is 174. The van der Waals surface area contributed by atoms with Gasteiger partial charge in [-0.15, -0.1) is 0 Å². The van der Waals surface area contributed by atoms with Gasteiger partial charge in [0.2, 0.25) is 0 Å². The Morgan fingerprint density at radius 1 is 1.07 bits per heavy atom. The summed E-state index contributed by atoms with van der Waals surface area (Å²) in [6.45, 7) is 5.07. The van der Waals surface area contributed by atoms with E-state index in [-0.39, 0.29) is 0 Å². The van der Waals surface area contributed by atoms with Gasteiger partial charge in [-0.2, -0.15) is 0 Å². The lowest BCUT2D eigenvalue weighted by atomic mass is 9.80. The SMILES string of the molecule is CCCCCN1CCCC1CC1CCC1. The number of hydrogen-bond donors (Lipinski definition) is 0. The van der Waals surface area contributed by atoms with Gasteiger partial charge in [-0.3, -0.25) is 0 Å². The highest BCUT2D eigenvalue weighted by molar-refractivity contribution is 4.83. The standard InChI is InChI=1S/C14H27N/c1-2-3-4-10-15-11-6-9-14(15)12-13-7-5-8-13/h13-14H,2-12H2,1H3. The number of unbranched alkanes of at least 4 members (excludes halogenated alkanes) is 2. The molecule has 2 aliphatic rings. The van der Waals surface area contributed by atoms with Gasteiger partial charge in [0.1, 0.15) is 0 Å². The Morgan fingerprint density at radius 2 is 1.93 bits per heavy atom. The summed E-state index contributed by atoms with van der Waals surface area (Å²) in [6, 6.07) is 0.965. The highest BCUT2D eigenvalue weighted by atomic mass is 15.2. The van der Waals surface area contributed by atoms with Gasteiger partial charge >= 0.3 is 0 Å². The first-order valence-electron chi connectivity index (χ1n) is 7.14. The molecule has 0 aromatic heterocycles. The van der Waals surface area contributed by atoms with Crippen LogP contribution in [0.2, 0.25) is 0 Å². The highest BCUT2D eigenvalue weighted by Gasteiger charge is 2.28. The molecule has 88 valence electrons. The van der Waals surface area contributed by atoms with Crippen LogP contribution in [0.15, 0.2) is 0 Å². The molecular formula is C14H27N. The maximum absolute atomic E-state index is 2.79. The molecule has 1 heteroatoms. The van der Waals surface area contributed by atoms with E-state index in [2.05, 4.69) is 11.8 Å². The van der Waals surface area contributed by atoms with Crippen molar-refractivity contribution >= 4 is 0 Å². The van der Waals surface area contributed by atoms with Crippen molar-refractivity contribution in [3.63, 3.8) is 0 Å². The fraction of sp³-hybridized carbons (Fsp3) is 1.00. The number of rotatable bonds is 6. The van der Waals surface area contributed by atoms with Crippen molar-refractivity contribution in [1.82, 2.24) is 4.90 Å². The van der Waals surface area contributed by atoms with Gasteiger partial charge in [0.15, 0.2) is 0 Å². The zero-order chi connectivity index (χ0) is 10.5. The normalized spacial score (nSPS) is 28.2. The third kappa shape index (κ3) is 3.21. The molecule has 15 heavy (non-hydrogen) atoms. The highest BCUT2D eigenvalue weighted by Crippen LogP contribution is 2.34. The molecule has 1 nitrogen and oxygen atoms in total. The molecule has 0 spiro atoms. The van der Waals surface area contributed by atoms with Gasteiger partial charge in [-0.1, -0.05) is 39.0 Å². The quantitative estimate of drug-likeness (QED) is 0.601. The van der Waals surface area contributed by atoms with Gasteiger partial charge < -0.3 is 4.90 Å². The fourth-order valence-electron chi connectivity index (χ4n) is 3.13. The van der Waals surface area contributed by atoms with E-state index in [4.69, 9.17) is 0 Å². The Labute approximate surface area is 95.2 Å². The number of likely N-dealkylation sites (tertiary alicyclic amines) is 1. The third-order valence-corrected chi connectivity index (χ3v) is 4.38. The molecule has 1 unspecified atom stereocenters. The fourth-order valence-corrected chi connectivity index (χ4v) is 3.13. The van der Waals surface area contributed by atoms with E-state index >= 15 is 0 Å². The van der Waals surface area contributed by atoms with Crippen molar-refractivity contribution in [2.45, 2.75) is 70.8 Å². The maximum Gasteiger partial charge on any atom is 0.00983 e. The monoisotopic (exact) mass is 209 g/mol. The zero-order valence-electron chi connectivity index (χ0n) is 10.4. The van der Waals surface area contributed by atoms with Crippen molar-refractivity contribution in [2.24, 2.45) is 5.92 Å². The Balaban J connectivity index is 1.67. The molecule has 1 atom stereocenters. The smallest absolute Gasteiger partial charge is 0.00983 e. The van der Waals surface area contributed by atoms with Crippen LogP contribution in [0.5, 0.6) is 0 Å². The van der Waals surface area contributed by atoms with Gasteiger partial charge in [0.25, 0.3) is 0 Å². The van der Waals surface area contributed by atoms with Crippen LogP contribution in [0.25, 0.3) is 0 Å². The first kappa shape index (κ1) is 11.4. The molecule has 2 fully saturated rings. The molecule has 1 heterocycles. The van der Waals surface area contributed by atoms with Crippen LogP contribution < -0.4 is 0 Å². The predicted molar refractivity (Wildman–Crippen MR) is 66.1 cm³/mol. The first-order valence-corrected chi connectivity index (χ1v) is 7.14. The molecule has 1 aliphatic carbocycles. The van der Waals surface area contributed by atoms with E-state index in [1.54, 1.807) is 0 Å². The van der Waals surface area contributed by atoms with E-state index in [0.717, 1.165) is 12.0 Å². The molecule has 0 aromatic rings. The Morgan fingerprint density at radius 3 is 2.60 bits per heavy atom. The zero-order valence-corrected chi connectivity index (χ0v) is 10.4. The van der Waals surface area contributed by atoms with Crippen molar-refractivity contribution in [3.05, 3.63) is 0 Å². The Hall–Kier alpha value is -0.0400. The average Bonchev–Trinajstić information content (AvgIpc) is 2.60. The number of hydrogen-bond acceptors (Lipinski definition) is 1. The van der Waals surface area contributed by atoms with Gasteiger partial charge in [-0.25, -0.2) is 0 Å². The third-order valence-electron chi connectivity index (χ3n) is 4.38. The minimum absolute atomic E-state index is 0.965. The van der Waals surface area contributed by atoms with E-state index in [1.807, 2.05) is 0 Å². The summed E-state index contributed by atoms with van der Waals surface area (Å²) < 4.78 is 0. The van der Waals surface area contributed by atoms with Gasteiger partial charge in [0.05, 0.1) is 0 Å². The van der Waals surface area contributed by atoms with Gasteiger partial charge in [0, 0.05) is 6.04 Å². The second kappa shape index (κ2) is 5.89. The van der Waals surface area contributed by atoms with Crippen molar-refractivity contribution in [1.29, 1.82) is 0 Å². The second-order valence-corrected chi connectivity index (χ2v) is 5.57. The first-order chi connectivity index (χ1) is 7.40. The topological polar surface area (TPSA) is 3.24 Å². The molecule has 0 radical (unpaired) electrons. The summed E-state index contributed by atoms with van der Waals surface area (Å²) in [5.41, 5.74) is 0. The molecule has 0 aromatic carbocycles. The summed E-state index contributed by atoms with van der Waals surface area (Å²) in [6.07, 6.45) is 13.2. The largest absolute Gasteiger partial charge is 0.300 e. The van der Waals surface area contributed by atoms with Crippen LogP contribution in [0.4, 0.5) is 0 Å². The summed E-state index contributed by atoms with van der Waals surface area (Å²) in [5, 5.41) is 0. The maximum atomic E-state index is 2.79. The lowest BCUT2D eigenvalue weighted by Crippen LogP contribution is -2.33. The van der Waals surface area contributed by atoms with Crippen LogP contribution in [-0.2, 0) is 0 Å². The second-order valence-electron chi connectivity index (χ2n) is 5.57. The molecule has 1 saturated heterocycles. The van der Waals surface area contributed by atoms with Crippen molar-refractivity contribution in [3.8, 4) is 0 Å². The van der Waals surface area contributed by atoms with Crippen LogP contribution in [0.3, 0.4) is 0 Å². The number of nitrogens with zero attached hydrogens (tertiary/aromatic N) is 1. The Kier molecular flexibility index (Phi) is 4.49.